The predicted octanol–water partition coefficient (Wildman–Crippen LogP) is 2.17. The molecule has 7 heteroatoms. The molecule has 3 heterocycles. The molecule has 0 unspecified atom stereocenters. The molecule has 1 aliphatic rings. The third-order valence-electron chi connectivity index (χ3n) is 5.45. The van der Waals surface area contributed by atoms with Crippen LogP contribution in [0.25, 0.3) is 0 Å². The number of anilines is 1. The Kier molecular flexibility index (Phi) is 5.88. The Morgan fingerprint density at radius 2 is 1.93 bits per heavy atom. The van der Waals surface area contributed by atoms with Crippen LogP contribution in [0.3, 0.4) is 0 Å². The highest BCUT2D eigenvalue weighted by molar-refractivity contribution is 5.80. The quantitative estimate of drug-likeness (QED) is 0.631. The van der Waals surface area contributed by atoms with Gasteiger partial charge < -0.3 is 9.80 Å². The summed E-state index contributed by atoms with van der Waals surface area (Å²) in [6, 6.07) is 15.2. The Hall–Kier alpha value is -3.48. The number of benzene rings is 1. The zero-order chi connectivity index (χ0) is 20.9. The molecule has 154 valence electrons. The number of carbonyl (C=O) groups excluding carboxylic acids is 1. The number of hydrogen-bond donors (Lipinski definition) is 0. The number of carbonyl (C=O) groups is 1. The fourth-order valence-electron chi connectivity index (χ4n) is 3.82. The number of aromatic nitrogens is 3. The second-order valence-corrected chi connectivity index (χ2v) is 7.68. The largest absolute Gasteiger partial charge is 0.369 e. The van der Waals surface area contributed by atoms with Crippen LogP contribution in [0.1, 0.15) is 17.5 Å². The van der Waals surface area contributed by atoms with E-state index in [1.807, 2.05) is 49.5 Å². The van der Waals surface area contributed by atoms with Crippen LogP contribution >= 0.6 is 0 Å². The lowest BCUT2D eigenvalue weighted by Crippen LogP contribution is -2.34. The SMILES string of the molecule is CN(Cc1cccnc1)C(=O)[C@H]1CCN(c2cnn(Cc3ccccc3)c(=O)c2)C1. The van der Waals surface area contributed by atoms with Crippen LogP contribution in [0.5, 0.6) is 0 Å². The molecule has 1 atom stereocenters. The Bertz CT molecular complexity index is 1050. The number of nitrogens with zero attached hydrogens (tertiary/aromatic N) is 5. The maximum Gasteiger partial charge on any atom is 0.269 e. The third kappa shape index (κ3) is 4.56. The molecule has 30 heavy (non-hydrogen) atoms. The topological polar surface area (TPSA) is 71.3 Å². The summed E-state index contributed by atoms with van der Waals surface area (Å²) >= 11 is 0. The zero-order valence-electron chi connectivity index (χ0n) is 17.0. The molecule has 0 bridgehead atoms. The normalized spacial score (nSPS) is 15.9. The van der Waals surface area contributed by atoms with Gasteiger partial charge in [-0.05, 0) is 23.6 Å². The van der Waals surface area contributed by atoms with Crippen LogP contribution in [-0.4, -0.2) is 45.7 Å². The minimum Gasteiger partial charge on any atom is -0.369 e. The Morgan fingerprint density at radius 3 is 2.67 bits per heavy atom. The van der Waals surface area contributed by atoms with Crippen molar-refractivity contribution in [1.82, 2.24) is 19.7 Å². The van der Waals surface area contributed by atoms with E-state index in [0.29, 0.717) is 19.6 Å². The van der Waals surface area contributed by atoms with Gasteiger partial charge in [0, 0.05) is 45.1 Å². The minimum atomic E-state index is -0.139. The van der Waals surface area contributed by atoms with Crippen molar-refractivity contribution in [2.45, 2.75) is 19.5 Å². The molecule has 0 saturated carbocycles. The Morgan fingerprint density at radius 1 is 1.13 bits per heavy atom. The smallest absolute Gasteiger partial charge is 0.269 e. The summed E-state index contributed by atoms with van der Waals surface area (Å²) in [4.78, 5) is 33.3. The van der Waals surface area contributed by atoms with Crippen molar-refractivity contribution in [2.24, 2.45) is 5.92 Å². The molecule has 1 saturated heterocycles. The number of amides is 1. The van der Waals surface area contributed by atoms with Crippen molar-refractivity contribution in [3.8, 4) is 0 Å². The highest BCUT2D eigenvalue weighted by atomic mass is 16.2. The fraction of sp³-hybridized carbons (Fsp3) is 0.304. The summed E-state index contributed by atoms with van der Waals surface area (Å²) in [5.74, 6) is 0.0325. The van der Waals surface area contributed by atoms with Crippen molar-refractivity contribution in [2.75, 3.05) is 25.0 Å². The molecule has 1 amide bonds. The standard InChI is InChI=1S/C23H25N5O2/c1-26(15-19-8-5-10-24-13-19)23(30)20-9-11-27(17-20)21-12-22(29)28(25-14-21)16-18-6-3-2-4-7-18/h2-8,10,12-14,20H,9,11,15-17H2,1H3/t20-/m0/s1. The average molecular weight is 403 g/mol. The van der Waals surface area contributed by atoms with Gasteiger partial charge in [-0.25, -0.2) is 4.68 Å². The van der Waals surface area contributed by atoms with E-state index in [4.69, 9.17) is 0 Å². The molecule has 1 aliphatic heterocycles. The van der Waals surface area contributed by atoms with Gasteiger partial charge in [-0.1, -0.05) is 36.4 Å². The summed E-state index contributed by atoms with van der Waals surface area (Å²) in [6.07, 6.45) is 5.99. The first-order valence-electron chi connectivity index (χ1n) is 10.1. The highest BCUT2D eigenvalue weighted by Crippen LogP contribution is 2.24. The Balaban J connectivity index is 1.38. The van der Waals surface area contributed by atoms with Crippen molar-refractivity contribution in [3.05, 3.63) is 88.6 Å². The van der Waals surface area contributed by atoms with Crippen LogP contribution in [0.15, 0.2) is 71.9 Å². The van der Waals surface area contributed by atoms with Crippen molar-refractivity contribution in [3.63, 3.8) is 0 Å². The van der Waals surface area contributed by atoms with E-state index in [-0.39, 0.29) is 17.4 Å². The van der Waals surface area contributed by atoms with Crippen LogP contribution in [0.2, 0.25) is 0 Å². The maximum atomic E-state index is 12.8. The van der Waals surface area contributed by atoms with E-state index in [9.17, 15) is 9.59 Å². The molecule has 1 fully saturated rings. The first-order chi connectivity index (χ1) is 14.6. The van der Waals surface area contributed by atoms with Gasteiger partial charge in [-0.3, -0.25) is 14.6 Å². The lowest BCUT2D eigenvalue weighted by molar-refractivity contribution is -0.134. The van der Waals surface area contributed by atoms with Crippen molar-refractivity contribution >= 4 is 11.6 Å². The first-order valence-corrected chi connectivity index (χ1v) is 10.1. The predicted molar refractivity (Wildman–Crippen MR) is 115 cm³/mol. The molecule has 2 aromatic heterocycles. The van der Waals surface area contributed by atoms with E-state index in [1.54, 1.807) is 29.6 Å². The monoisotopic (exact) mass is 403 g/mol. The fourth-order valence-corrected chi connectivity index (χ4v) is 3.82. The summed E-state index contributed by atoms with van der Waals surface area (Å²) in [5.41, 5.74) is 2.67. The average Bonchev–Trinajstić information content (AvgIpc) is 3.26. The molecular weight excluding hydrogens is 378 g/mol. The van der Waals surface area contributed by atoms with Gasteiger partial charge in [0.1, 0.15) is 0 Å². The van der Waals surface area contributed by atoms with Gasteiger partial charge in [0.2, 0.25) is 5.91 Å². The van der Waals surface area contributed by atoms with Gasteiger partial charge in [-0.15, -0.1) is 0 Å². The summed E-state index contributed by atoms with van der Waals surface area (Å²) < 4.78 is 1.46. The van der Waals surface area contributed by atoms with Crippen molar-refractivity contribution < 1.29 is 4.79 Å². The molecular formula is C23H25N5O2. The van der Waals surface area contributed by atoms with E-state index in [2.05, 4.69) is 15.0 Å². The number of rotatable bonds is 6. The lowest BCUT2D eigenvalue weighted by Gasteiger charge is -2.22. The van der Waals surface area contributed by atoms with Crippen LogP contribution in [0, 0.1) is 5.92 Å². The second kappa shape index (κ2) is 8.90. The summed E-state index contributed by atoms with van der Waals surface area (Å²) in [5, 5.41) is 4.34. The van der Waals surface area contributed by atoms with Crippen molar-refractivity contribution in [1.29, 1.82) is 0 Å². The van der Waals surface area contributed by atoms with E-state index >= 15 is 0 Å². The Labute approximate surface area is 175 Å². The number of pyridine rings is 1. The molecule has 7 nitrogen and oxygen atoms in total. The molecule has 0 radical (unpaired) electrons. The van der Waals surface area contributed by atoms with Crippen LogP contribution in [-0.2, 0) is 17.9 Å². The van der Waals surface area contributed by atoms with Gasteiger partial charge in [0.05, 0.1) is 24.3 Å². The van der Waals surface area contributed by atoms with E-state index < -0.39 is 0 Å². The van der Waals surface area contributed by atoms with Crippen LogP contribution in [0.4, 0.5) is 5.69 Å². The number of hydrogen-bond acceptors (Lipinski definition) is 5. The minimum absolute atomic E-state index is 0.0848. The summed E-state index contributed by atoms with van der Waals surface area (Å²) in [7, 11) is 1.82. The highest BCUT2D eigenvalue weighted by Gasteiger charge is 2.30. The molecule has 0 spiro atoms. The van der Waals surface area contributed by atoms with E-state index in [0.717, 1.165) is 29.8 Å². The zero-order valence-corrected chi connectivity index (χ0v) is 17.0. The van der Waals surface area contributed by atoms with Gasteiger partial charge >= 0.3 is 0 Å². The van der Waals surface area contributed by atoms with Crippen LogP contribution < -0.4 is 10.5 Å². The van der Waals surface area contributed by atoms with Gasteiger partial charge in [-0.2, -0.15) is 5.10 Å². The molecule has 0 N–H and O–H groups in total. The van der Waals surface area contributed by atoms with Gasteiger partial charge in [0.15, 0.2) is 0 Å². The maximum absolute atomic E-state index is 12.8. The lowest BCUT2D eigenvalue weighted by atomic mass is 10.1. The first kappa shape index (κ1) is 19.8. The molecule has 0 aliphatic carbocycles. The summed E-state index contributed by atoms with van der Waals surface area (Å²) in [6.45, 7) is 2.32. The van der Waals surface area contributed by atoms with E-state index in [1.165, 1.54) is 4.68 Å². The second-order valence-electron chi connectivity index (χ2n) is 7.68. The third-order valence-corrected chi connectivity index (χ3v) is 5.45. The molecule has 4 rings (SSSR count). The van der Waals surface area contributed by atoms with Gasteiger partial charge in [0.25, 0.3) is 5.56 Å². The molecule has 3 aromatic rings. The molecule has 1 aromatic carbocycles.